The van der Waals surface area contributed by atoms with Crippen molar-refractivity contribution in [1.29, 1.82) is 0 Å². The monoisotopic (exact) mass is 348 g/mol. The summed E-state index contributed by atoms with van der Waals surface area (Å²) in [5, 5.41) is 5.55. The highest BCUT2D eigenvalue weighted by Gasteiger charge is 2.02. The lowest BCUT2D eigenvalue weighted by Crippen LogP contribution is -2.30. The van der Waals surface area contributed by atoms with Crippen LogP contribution in [0.2, 0.25) is 0 Å². The first-order valence-electron chi connectivity index (χ1n) is 6.92. The summed E-state index contributed by atoms with van der Waals surface area (Å²) in [6.07, 6.45) is 2.37. The third kappa shape index (κ3) is 8.76. The smallest absolute Gasteiger partial charge is 0.0590 e. The summed E-state index contributed by atoms with van der Waals surface area (Å²) in [4.78, 5) is 3.74. The van der Waals surface area contributed by atoms with Crippen molar-refractivity contribution >= 4 is 27.3 Å². The summed E-state index contributed by atoms with van der Waals surface area (Å²) in [5.41, 5.74) is 0. The summed E-state index contributed by atoms with van der Waals surface area (Å²) in [6, 6.07) is 2.19. The Bertz CT molecular complexity index is 333. The first-order valence-corrected chi connectivity index (χ1v) is 8.59. The summed E-state index contributed by atoms with van der Waals surface area (Å²) >= 11 is 5.29. The van der Waals surface area contributed by atoms with Crippen molar-refractivity contribution in [2.24, 2.45) is 0 Å². The van der Waals surface area contributed by atoms with Gasteiger partial charge in [-0.15, -0.1) is 11.3 Å². The average molecular weight is 349 g/mol. The molecule has 1 heterocycles. The van der Waals surface area contributed by atoms with E-state index in [0.29, 0.717) is 0 Å². The maximum atomic E-state index is 5.50. The van der Waals surface area contributed by atoms with E-state index in [-0.39, 0.29) is 0 Å². The van der Waals surface area contributed by atoms with Crippen LogP contribution < -0.4 is 5.32 Å². The van der Waals surface area contributed by atoms with Crippen LogP contribution in [0.4, 0.5) is 0 Å². The number of hydrogen-bond acceptors (Lipinski definition) is 4. The van der Waals surface area contributed by atoms with Crippen LogP contribution in [-0.2, 0) is 11.3 Å². The minimum Gasteiger partial charge on any atom is -0.380 e. The van der Waals surface area contributed by atoms with Gasteiger partial charge in [-0.2, -0.15) is 0 Å². The summed E-state index contributed by atoms with van der Waals surface area (Å²) in [5.74, 6) is 0. The molecule has 0 aliphatic carbocycles. The third-order valence-electron chi connectivity index (χ3n) is 2.78. The van der Waals surface area contributed by atoms with E-state index < -0.39 is 0 Å². The van der Waals surface area contributed by atoms with Crippen LogP contribution >= 0.6 is 27.3 Å². The molecule has 0 fully saturated rings. The van der Waals surface area contributed by atoms with Crippen molar-refractivity contribution in [1.82, 2.24) is 10.2 Å². The van der Waals surface area contributed by atoms with Crippen LogP contribution in [-0.4, -0.2) is 44.8 Å². The van der Waals surface area contributed by atoms with Gasteiger partial charge in [0.05, 0.1) is 6.61 Å². The Balaban J connectivity index is 1.94. The second-order valence-electron chi connectivity index (χ2n) is 4.68. The third-order valence-corrected chi connectivity index (χ3v) is 4.47. The SMILES string of the molecule is CCCCOCCNCCN(C)Cc1cc(Br)cs1. The molecule has 0 saturated carbocycles. The predicted molar refractivity (Wildman–Crippen MR) is 86.9 cm³/mol. The van der Waals surface area contributed by atoms with Crippen LogP contribution in [0.1, 0.15) is 24.6 Å². The van der Waals surface area contributed by atoms with Gasteiger partial charge >= 0.3 is 0 Å². The fraction of sp³-hybridized carbons (Fsp3) is 0.714. The van der Waals surface area contributed by atoms with Gasteiger partial charge in [0.2, 0.25) is 0 Å². The number of nitrogens with zero attached hydrogens (tertiary/aromatic N) is 1. The van der Waals surface area contributed by atoms with Gasteiger partial charge in [-0.05, 0) is 35.5 Å². The maximum absolute atomic E-state index is 5.50. The Hall–Kier alpha value is 0.0600. The molecule has 0 aliphatic rings. The van der Waals surface area contributed by atoms with Gasteiger partial charge in [0.25, 0.3) is 0 Å². The number of ether oxygens (including phenoxy) is 1. The number of thiophene rings is 1. The second kappa shape index (κ2) is 10.8. The molecule has 1 aromatic rings. The van der Waals surface area contributed by atoms with E-state index in [9.17, 15) is 0 Å². The second-order valence-corrected chi connectivity index (χ2v) is 6.60. The summed E-state index contributed by atoms with van der Waals surface area (Å²) in [7, 11) is 2.16. The minimum atomic E-state index is 0.821. The highest BCUT2D eigenvalue weighted by atomic mass is 79.9. The standard InChI is InChI=1S/C14H25BrN2OS/c1-3-4-8-18-9-6-16-5-7-17(2)11-14-10-13(15)12-19-14/h10,12,16H,3-9,11H2,1-2H3. The largest absolute Gasteiger partial charge is 0.380 e. The van der Waals surface area contributed by atoms with Gasteiger partial charge < -0.3 is 15.0 Å². The average Bonchev–Trinajstić information content (AvgIpc) is 2.78. The van der Waals surface area contributed by atoms with E-state index in [1.807, 2.05) is 0 Å². The van der Waals surface area contributed by atoms with Crippen LogP contribution in [0.15, 0.2) is 15.9 Å². The molecule has 19 heavy (non-hydrogen) atoms. The lowest BCUT2D eigenvalue weighted by molar-refractivity contribution is 0.132. The van der Waals surface area contributed by atoms with Crippen molar-refractivity contribution < 1.29 is 4.74 Å². The topological polar surface area (TPSA) is 24.5 Å². The number of nitrogens with one attached hydrogen (secondary N) is 1. The molecule has 1 aromatic heterocycles. The molecule has 0 radical (unpaired) electrons. The normalized spacial score (nSPS) is 11.4. The molecule has 0 unspecified atom stereocenters. The number of hydrogen-bond donors (Lipinski definition) is 1. The van der Waals surface area contributed by atoms with Crippen LogP contribution in [0.5, 0.6) is 0 Å². The summed E-state index contributed by atoms with van der Waals surface area (Å²) < 4.78 is 6.68. The fourth-order valence-corrected chi connectivity index (χ4v) is 3.20. The van der Waals surface area contributed by atoms with Crippen molar-refractivity contribution in [2.45, 2.75) is 26.3 Å². The van der Waals surface area contributed by atoms with E-state index in [4.69, 9.17) is 4.74 Å². The first-order chi connectivity index (χ1) is 9.22. The highest BCUT2D eigenvalue weighted by Crippen LogP contribution is 2.20. The van der Waals surface area contributed by atoms with Crippen LogP contribution in [0.3, 0.4) is 0 Å². The first kappa shape index (κ1) is 17.1. The molecule has 5 heteroatoms. The Morgan fingerprint density at radius 2 is 2.21 bits per heavy atom. The van der Waals surface area contributed by atoms with Gasteiger partial charge in [-0.25, -0.2) is 0 Å². The molecule has 0 aromatic carbocycles. The van der Waals surface area contributed by atoms with Crippen molar-refractivity contribution in [3.8, 4) is 0 Å². The predicted octanol–water partition coefficient (Wildman–Crippen LogP) is 3.35. The molecule has 3 nitrogen and oxygen atoms in total. The highest BCUT2D eigenvalue weighted by molar-refractivity contribution is 9.10. The van der Waals surface area contributed by atoms with E-state index in [0.717, 1.165) is 39.4 Å². The maximum Gasteiger partial charge on any atom is 0.0590 e. The fourth-order valence-electron chi connectivity index (χ4n) is 1.67. The summed E-state index contributed by atoms with van der Waals surface area (Å²) in [6.45, 7) is 7.94. The minimum absolute atomic E-state index is 0.821. The number of rotatable bonds is 11. The molecule has 1 N–H and O–H groups in total. The van der Waals surface area contributed by atoms with E-state index in [1.165, 1.54) is 22.2 Å². The molecular weight excluding hydrogens is 324 g/mol. The molecule has 0 bridgehead atoms. The molecule has 1 rings (SSSR count). The van der Waals surface area contributed by atoms with Crippen molar-refractivity contribution in [3.05, 3.63) is 20.8 Å². The molecule has 110 valence electrons. The van der Waals surface area contributed by atoms with Crippen LogP contribution in [0, 0.1) is 0 Å². The Morgan fingerprint density at radius 1 is 1.37 bits per heavy atom. The zero-order valence-electron chi connectivity index (χ0n) is 12.0. The number of likely N-dealkylation sites (N-methyl/N-ethyl adjacent to an activating group) is 1. The molecule has 0 atom stereocenters. The molecule has 0 saturated heterocycles. The molecular formula is C14H25BrN2OS. The number of unbranched alkanes of at least 4 members (excludes halogenated alkanes) is 1. The van der Waals surface area contributed by atoms with E-state index in [1.54, 1.807) is 11.3 Å². The Kier molecular flexibility index (Phi) is 9.73. The zero-order chi connectivity index (χ0) is 13.9. The van der Waals surface area contributed by atoms with Gasteiger partial charge in [-0.3, -0.25) is 0 Å². The van der Waals surface area contributed by atoms with Crippen molar-refractivity contribution in [3.63, 3.8) is 0 Å². The Morgan fingerprint density at radius 3 is 2.89 bits per heavy atom. The molecule has 0 amide bonds. The lowest BCUT2D eigenvalue weighted by atomic mass is 10.4. The van der Waals surface area contributed by atoms with Gasteiger partial charge in [0.15, 0.2) is 0 Å². The van der Waals surface area contributed by atoms with E-state index >= 15 is 0 Å². The van der Waals surface area contributed by atoms with Gasteiger partial charge in [0, 0.05) is 47.5 Å². The van der Waals surface area contributed by atoms with Crippen molar-refractivity contribution in [2.75, 3.05) is 39.9 Å². The van der Waals surface area contributed by atoms with Gasteiger partial charge in [0.1, 0.15) is 0 Å². The molecule has 0 spiro atoms. The van der Waals surface area contributed by atoms with Gasteiger partial charge in [-0.1, -0.05) is 13.3 Å². The molecule has 0 aliphatic heterocycles. The Labute approximate surface area is 129 Å². The zero-order valence-corrected chi connectivity index (χ0v) is 14.4. The van der Waals surface area contributed by atoms with Crippen LogP contribution in [0.25, 0.3) is 0 Å². The van der Waals surface area contributed by atoms with E-state index in [2.05, 4.69) is 51.6 Å². The lowest BCUT2D eigenvalue weighted by Gasteiger charge is -2.15. The number of halogens is 1. The quantitative estimate of drug-likeness (QED) is 0.620.